The van der Waals surface area contributed by atoms with E-state index in [4.69, 9.17) is 4.74 Å². The Balaban J connectivity index is 3.48. The maximum atomic E-state index is 12.5. The fourth-order valence-corrected chi connectivity index (χ4v) is 8.98. The van der Waals surface area contributed by atoms with Crippen LogP contribution in [-0.4, -0.2) is 47.4 Å². The Morgan fingerprint density at radius 3 is 1.09 bits per heavy atom. The van der Waals surface area contributed by atoms with Gasteiger partial charge in [-0.15, -0.1) is 0 Å². The molecule has 0 heterocycles. The highest BCUT2D eigenvalue weighted by atomic mass is 16.5. The first-order valence-electron chi connectivity index (χ1n) is 29.1. The van der Waals surface area contributed by atoms with Crippen LogP contribution >= 0.6 is 0 Å². The number of carbonyl (C=O) groups is 2. The SMILES string of the molecule is CCCCCCCCC/C=C\CCCCCCCCCC(=O)OCCCCCCCCCCCCCCC(=O)NC(CO)C(O)/C=C/CCCCCCCCCCCCCCCCCC. The van der Waals surface area contributed by atoms with Crippen LogP contribution in [0, 0.1) is 0 Å². The fraction of sp³-hybridized carbons (Fsp3) is 0.898. The van der Waals surface area contributed by atoms with Crippen molar-refractivity contribution in [2.75, 3.05) is 13.2 Å². The van der Waals surface area contributed by atoms with Gasteiger partial charge in [-0.25, -0.2) is 0 Å². The summed E-state index contributed by atoms with van der Waals surface area (Å²) in [5, 5.41) is 23.1. The first kappa shape index (κ1) is 63.3. The Morgan fingerprint density at radius 2 is 0.723 bits per heavy atom. The minimum Gasteiger partial charge on any atom is -0.466 e. The summed E-state index contributed by atoms with van der Waals surface area (Å²) in [6, 6.07) is -0.640. The molecular formula is C59H113NO5. The zero-order chi connectivity index (χ0) is 47.2. The van der Waals surface area contributed by atoms with Gasteiger partial charge in [0.15, 0.2) is 0 Å². The zero-order valence-corrected chi connectivity index (χ0v) is 43.7. The van der Waals surface area contributed by atoms with Crippen LogP contribution in [0.15, 0.2) is 24.3 Å². The summed E-state index contributed by atoms with van der Waals surface area (Å²) in [5.41, 5.74) is 0. The van der Waals surface area contributed by atoms with E-state index in [1.165, 1.54) is 231 Å². The molecule has 0 aliphatic heterocycles. The van der Waals surface area contributed by atoms with E-state index >= 15 is 0 Å². The van der Waals surface area contributed by atoms with Crippen LogP contribution in [0.2, 0.25) is 0 Å². The molecule has 0 rings (SSSR count). The second-order valence-electron chi connectivity index (χ2n) is 20.0. The number of nitrogens with one attached hydrogen (secondary N) is 1. The van der Waals surface area contributed by atoms with Crippen molar-refractivity contribution >= 4 is 11.9 Å². The minimum absolute atomic E-state index is 0.0133. The molecule has 2 unspecified atom stereocenters. The summed E-state index contributed by atoms with van der Waals surface area (Å²) in [4.78, 5) is 24.5. The van der Waals surface area contributed by atoms with Gasteiger partial charge < -0.3 is 20.3 Å². The van der Waals surface area contributed by atoms with Crippen molar-refractivity contribution in [2.24, 2.45) is 0 Å². The molecular weight excluding hydrogens is 803 g/mol. The minimum atomic E-state index is -0.855. The predicted molar refractivity (Wildman–Crippen MR) is 283 cm³/mol. The van der Waals surface area contributed by atoms with Gasteiger partial charge in [-0.3, -0.25) is 9.59 Å². The third kappa shape index (κ3) is 51.6. The molecule has 0 saturated carbocycles. The van der Waals surface area contributed by atoms with Gasteiger partial charge in [-0.2, -0.15) is 0 Å². The van der Waals surface area contributed by atoms with Gasteiger partial charge in [0, 0.05) is 12.8 Å². The van der Waals surface area contributed by atoms with E-state index in [0.29, 0.717) is 19.4 Å². The lowest BCUT2D eigenvalue weighted by molar-refractivity contribution is -0.143. The van der Waals surface area contributed by atoms with Gasteiger partial charge in [0.2, 0.25) is 5.91 Å². The third-order valence-corrected chi connectivity index (χ3v) is 13.5. The number of rotatable bonds is 54. The van der Waals surface area contributed by atoms with Crippen LogP contribution in [0.5, 0.6) is 0 Å². The molecule has 2 atom stereocenters. The summed E-state index contributed by atoms with van der Waals surface area (Å²) in [7, 11) is 0. The monoisotopic (exact) mass is 916 g/mol. The maximum Gasteiger partial charge on any atom is 0.305 e. The van der Waals surface area contributed by atoms with Crippen molar-refractivity contribution in [3.63, 3.8) is 0 Å². The molecule has 6 heteroatoms. The molecule has 0 bridgehead atoms. The first-order valence-corrected chi connectivity index (χ1v) is 29.1. The van der Waals surface area contributed by atoms with Gasteiger partial charge in [0.25, 0.3) is 0 Å². The van der Waals surface area contributed by atoms with E-state index in [1.807, 2.05) is 6.08 Å². The highest BCUT2D eigenvalue weighted by Crippen LogP contribution is 2.17. The molecule has 384 valence electrons. The number of hydrogen-bond acceptors (Lipinski definition) is 5. The molecule has 1 amide bonds. The third-order valence-electron chi connectivity index (χ3n) is 13.5. The lowest BCUT2D eigenvalue weighted by atomic mass is 10.0. The smallest absolute Gasteiger partial charge is 0.305 e. The molecule has 0 aliphatic carbocycles. The van der Waals surface area contributed by atoms with Crippen LogP contribution in [0.25, 0.3) is 0 Å². The Kier molecular flexibility index (Phi) is 53.5. The van der Waals surface area contributed by atoms with E-state index in [-0.39, 0.29) is 18.5 Å². The van der Waals surface area contributed by atoms with Crippen molar-refractivity contribution in [1.82, 2.24) is 5.32 Å². The average molecular weight is 917 g/mol. The van der Waals surface area contributed by atoms with Gasteiger partial charge >= 0.3 is 5.97 Å². The molecule has 0 radical (unpaired) electrons. The molecule has 3 N–H and O–H groups in total. The molecule has 0 aliphatic rings. The van der Waals surface area contributed by atoms with Crippen LogP contribution in [0.3, 0.4) is 0 Å². The number of allylic oxidation sites excluding steroid dienone is 3. The zero-order valence-electron chi connectivity index (χ0n) is 43.7. The number of ether oxygens (including phenoxy) is 1. The standard InChI is InChI=1S/C59H113NO5/c1-3-5-7-9-11-13-15-17-19-21-23-25-27-31-35-39-43-47-51-57(62)56(55-61)60-58(63)52-48-44-40-36-32-29-30-34-38-42-46-50-54-65-59(64)53-49-45-41-37-33-28-26-24-22-20-18-16-14-12-10-8-6-4-2/h20,22,47,51,56-57,61-62H,3-19,21,23-46,48-50,52-55H2,1-2H3,(H,60,63)/b22-20-,51-47+. The lowest BCUT2D eigenvalue weighted by Crippen LogP contribution is -2.45. The number of esters is 1. The van der Waals surface area contributed by atoms with Crippen LogP contribution in [0.4, 0.5) is 0 Å². The summed E-state index contributed by atoms with van der Waals surface area (Å²) in [6.45, 7) is 4.88. The summed E-state index contributed by atoms with van der Waals surface area (Å²) in [5.74, 6) is -0.0948. The average Bonchev–Trinajstić information content (AvgIpc) is 3.31. The molecule has 65 heavy (non-hydrogen) atoms. The van der Waals surface area contributed by atoms with E-state index in [9.17, 15) is 19.8 Å². The molecule has 0 aromatic rings. The van der Waals surface area contributed by atoms with Gasteiger partial charge in [-0.1, -0.05) is 269 Å². The second kappa shape index (κ2) is 54.9. The lowest BCUT2D eigenvalue weighted by Gasteiger charge is -2.20. The maximum absolute atomic E-state index is 12.5. The normalized spacial score (nSPS) is 12.7. The molecule has 0 fully saturated rings. The van der Waals surface area contributed by atoms with Crippen molar-refractivity contribution in [3.8, 4) is 0 Å². The molecule has 0 aromatic carbocycles. The van der Waals surface area contributed by atoms with Gasteiger partial charge in [0.1, 0.15) is 0 Å². The van der Waals surface area contributed by atoms with Crippen LogP contribution < -0.4 is 5.32 Å². The van der Waals surface area contributed by atoms with Gasteiger partial charge in [-0.05, 0) is 57.8 Å². The van der Waals surface area contributed by atoms with Crippen molar-refractivity contribution in [2.45, 2.75) is 328 Å². The van der Waals surface area contributed by atoms with E-state index in [1.54, 1.807) is 6.08 Å². The highest BCUT2D eigenvalue weighted by Gasteiger charge is 2.18. The van der Waals surface area contributed by atoms with Gasteiger partial charge in [0.05, 0.1) is 25.4 Å². The Morgan fingerprint density at radius 1 is 0.415 bits per heavy atom. The quantitative estimate of drug-likeness (QED) is 0.0321. The van der Waals surface area contributed by atoms with Crippen LogP contribution in [0.1, 0.15) is 316 Å². The number of carbonyl (C=O) groups excluding carboxylic acids is 2. The Hall–Kier alpha value is -1.66. The van der Waals surface area contributed by atoms with E-state index < -0.39 is 12.1 Å². The van der Waals surface area contributed by atoms with Crippen molar-refractivity contribution in [1.29, 1.82) is 0 Å². The Labute approximate surface area is 405 Å². The number of amides is 1. The molecule has 6 nitrogen and oxygen atoms in total. The Bertz CT molecular complexity index is 1010. The highest BCUT2D eigenvalue weighted by molar-refractivity contribution is 5.76. The second-order valence-corrected chi connectivity index (χ2v) is 20.0. The summed E-state index contributed by atoms with van der Waals surface area (Å²) in [6.07, 6.45) is 66.2. The molecule has 0 spiro atoms. The number of hydrogen-bond donors (Lipinski definition) is 3. The summed E-state index contributed by atoms with van der Waals surface area (Å²) >= 11 is 0. The number of aliphatic hydroxyl groups excluding tert-OH is 2. The van der Waals surface area contributed by atoms with Crippen molar-refractivity contribution < 1.29 is 24.5 Å². The number of unbranched alkanes of at least 4 members (excludes halogenated alkanes) is 41. The summed E-state index contributed by atoms with van der Waals surface area (Å²) < 4.78 is 5.48. The first-order chi connectivity index (χ1) is 32.0. The predicted octanol–water partition coefficient (Wildman–Crippen LogP) is 17.9. The largest absolute Gasteiger partial charge is 0.466 e. The van der Waals surface area contributed by atoms with E-state index in [2.05, 4.69) is 31.3 Å². The fourth-order valence-electron chi connectivity index (χ4n) is 8.98. The van der Waals surface area contributed by atoms with E-state index in [0.717, 1.165) is 57.8 Å². The molecule has 0 saturated heterocycles. The van der Waals surface area contributed by atoms with Crippen molar-refractivity contribution in [3.05, 3.63) is 24.3 Å². The van der Waals surface area contributed by atoms with Crippen LogP contribution in [-0.2, 0) is 14.3 Å². The molecule has 0 aromatic heterocycles. The number of aliphatic hydroxyl groups is 2. The topological polar surface area (TPSA) is 95.9 Å².